The molecule has 1 aromatic rings. The van der Waals surface area contributed by atoms with Gasteiger partial charge in [-0.05, 0) is 30.5 Å². The van der Waals surface area contributed by atoms with E-state index in [4.69, 9.17) is 5.73 Å². The number of nitrogens with zero attached hydrogens (tertiary/aromatic N) is 1. The van der Waals surface area contributed by atoms with Gasteiger partial charge in [-0.15, -0.1) is 0 Å². The summed E-state index contributed by atoms with van der Waals surface area (Å²) in [4.78, 5) is 13.8. The summed E-state index contributed by atoms with van der Waals surface area (Å²) >= 11 is 0. The van der Waals surface area contributed by atoms with Gasteiger partial charge in [0.05, 0.1) is 6.42 Å². The quantitative estimate of drug-likeness (QED) is 0.841. The van der Waals surface area contributed by atoms with Gasteiger partial charge in [0.2, 0.25) is 5.91 Å². The zero-order chi connectivity index (χ0) is 12.3. The smallest absolute Gasteiger partial charge is 0.227 e. The molecule has 1 aliphatic rings. The topological polar surface area (TPSA) is 46.3 Å². The van der Waals surface area contributed by atoms with Gasteiger partial charge in [0.25, 0.3) is 0 Å². The molecular formula is C13H17FN2O. The summed E-state index contributed by atoms with van der Waals surface area (Å²) in [6.45, 7) is 1.42. The van der Waals surface area contributed by atoms with Crippen LogP contribution >= 0.6 is 0 Å². The summed E-state index contributed by atoms with van der Waals surface area (Å²) in [7, 11) is 0. The van der Waals surface area contributed by atoms with Gasteiger partial charge in [0.15, 0.2) is 0 Å². The van der Waals surface area contributed by atoms with E-state index in [0.29, 0.717) is 13.0 Å². The van der Waals surface area contributed by atoms with E-state index in [1.54, 1.807) is 17.0 Å². The van der Waals surface area contributed by atoms with Crippen molar-refractivity contribution in [2.45, 2.75) is 25.3 Å². The van der Waals surface area contributed by atoms with E-state index in [2.05, 4.69) is 0 Å². The molecule has 0 radical (unpaired) electrons. The fourth-order valence-electron chi connectivity index (χ4n) is 2.13. The van der Waals surface area contributed by atoms with Gasteiger partial charge in [0.1, 0.15) is 5.82 Å². The lowest BCUT2D eigenvalue weighted by atomic mass is 10.1. The molecule has 1 atom stereocenters. The van der Waals surface area contributed by atoms with E-state index < -0.39 is 0 Å². The third kappa shape index (κ3) is 3.27. The van der Waals surface area contributed by atoms with E-state index in [-0.39, 0.29) is 17.8 Å². The van der Waals surface area contributed by atoms with Gasteiger partial charge in [0, 0.05) is 19.1 Å². The summed E-state index contributed by atoms with van der Waals surface area (Å²) in [6.07, 6.45) is 2.28. The highest BCUT2D eigenvalue weighted by molar-refractivity contribution is 5.78. The number of rotatable bonds is 2. The molecule has 17 heavy (non-hydrogen) atoms. The van der Waals surface area contributed by atoms with E-state index >= 15 is 0 Å². The highest BCUT2D eigenvalue weighted by Gasteiger charge is 2.20. The molecule has 0 spiro atoms. The molecule has 4 heteroatoms. The fourth-order valence-corrected chi connectivity index (χ4v) is 2.13. The number of likely N-dealkylation sites (tertiary alicyclic amines) is 1. The van der Waals surface area contributed by atoms with Crippen LogP contribution in [0.5, 0.6) is 0 Å². The van der Waals surface area contributed by atoms with E-state index in [0.717, 1.165) is 24.9 Å². The van der Waals surface area contributed by atoms with Crippen molar-refractivity contribution in [3.8, 4) is 0 Å². The minimum atomic E-state index is -0.277. The first-order chi connectivity index (χ1) is 8.15. The van der Waals surface area contributed by atoms with Crippen LogP contribution in [0.1, 0.15) is 18.4 Å². The first-order valence-electron chi connectivity index (χ1n) is 5.93. The second kappa shape index (κ2) is 5.27. The number of halogens is 1. The summed E-state index contributed by atoms with van der Waals surface area (Å²) < 4.78 is 12.7. The summed E-state index contributed by atoms with van der Waals surface area (Å²) in [5, 5.41) is 0. The Hall–Kier alpha value is -1.42. The molecule has 2 N–H and O–H groups in total. The zero-order valence-corrected chi connectivity index (χ0v) is 9.73. The third-order valence-corrected chi connectivity index (χ3v) is 3.08. The minimum Gasteiger partial charge on any atom is -0.341 e. The molecule has 0 unspecified atom stereocenters. The molecule has 1 aromatic carbocycles. The maximum absolute atomic E-state index is 12.7. The van der Waals surface area contributed by atoms with Crippen molar-refractivity contribution < 1.29 is 9.18 Å². The molecule has 1 aliphatic heterocycles. The highest BCUT2D eigenvalue weighted by Crippen LogP contribution is 2.11. The van der Waals surface area contributed by atoms with Crippen LogP contribution in [0, 0.1) is 5.82 Å². The molecule has 0 aliphatic carbocycles. The first-order valence-corrected chi connectivity index (χ1v) is 5.93. The average Bonchev–Trinajstić information content (AvgIpc) is 2.32. The molecule has 1 saturated heterocycles. The maximum Gasteiger partial charge on any atom is 0.227 e. The Morgan fingerprint density at radius 3 is 2.76 bits per heavy atom. The molecule has 92 valence electrons. The molecule has 0 aromatic heterocycles. The molecular weight excluding hydrogens is 219 g/mol. The Labute approximate surface area is 100 Å². The van der Waals surface area contributed by atoms with Gasteiger partial charge in [-0.1, -0.05) is 12.1 Å². The van der Waals surface area contributed by atoms with Crippen LogP contribution in [0.15, 0.2) is 24.3 Å². The molecule has 1 amide bonds. The molecule has 0 bridgehead atoms. The molecule has 2 rings (SSSR count). The normalized spacial score (nSPS) is 20.4. The van der Waals surface area contributed by atoms with Gasteiger partial charge >= 0.3 is 0 Å². The first kappa shape index (κ1) is 12.0. The average molecular weight is 236 g/mol. The Kier molecular flexibility index (Phi) is 3.74. The summed E-state index contributed by atoms with van der Waals surface area (Å²) in [6, 6.07) is 6.16. The van der Waals surface area contributed by atoms with E-state index in [1.807, 2.05) is 0 Å². The van der Waals surface area contributed by atoms with Crippen LogP contribution in [-0.2, 0) is 11.2 Å². The van der Waals surface area contributed by atoms with Crippen LogP contribution < -0.4 is 5.73 Å². The molecule has 3 nitrogen and oxygen atoms in total. The lowest BCUT2D eigenvalue weighted by Crippen LogP contribution is -2.46. The largest absolute Gasteiger partial charge is 0.341 e. The van der Waals surface area contributed by atoms with Crippen molar-refractivity contribution in [1.29, 1.82) is 0 Å². The second-order valence-corrected chi connectivity index (χ2v) is 4.55. The van der Waals surface area contributed by atoms with Crippen LogP contribution in [-0.4, -0.2) is 29.9 Å². The van der Waals surface area contributed by atoms with Crippen LogP contribution in [0.4, 0.5) is 4.39 Å². The lowest BCUT2D eigenvalue weighted by molar-refractivity contribution is -0.131. The van der Waals surface area contributed by atoms with Crippen molar-refractivity contribution >= 4 is 5.91 Å². The van der Waals surface area contributed by atoms with Crippen molar-refractivity contribution in [2.75, 3.05) is 13.1 Å². The fraction of sp³-hybridized carbons (Fsp3) is 0.462. The van der Waals surface area contributed by atoms with E-state index in [1.165, 1.54) is 12.1 Å². The number of carbonyl (C=O) groups is 1. The Morgan fingerprint density at radius 2 is 2.12 bits per heavy atom. The van der Waals surface area contributed by atoms with Gasteiger partial charge in [-0.25, -0.2) is 4.39 Å². The van der Waals surface area contributed by atoms with Gasteiger partial charge in [-0.2, -0.15) is 0 Å². The third-order valence-electron chi connectivity index (χ3n) is 3.08. The van der Waals surface area contributed by atoms with Gasteiger partial charge in [-0.3, -0.25) is 4.79 Å². The van der Waals surface area contributed by atoms with Gasteiger partial charge < -0.3 is 10.6 Å². The number of piperidine rings is 1. The number of amides is 1. The Morgan fingerprint density at radius 1 is 1.41 bits per heavy atom. The van der Waals surface area contributed by atoms with E-state index in [9.17, 15) is 9.18 Å². The molecule has 1 heterocycles. The number of nitrogens with two attached hydrogens (primary N) is 1. The predicted octanol–water partition coefficient (Wildman–Crippen LogP) is 1.32. The zero-order valence-electron chi connectivity index (χ0n) is 9.73. The number of carbonyl (C=O) groups excluding carboxylic acids is 1. The highest BCUT2D eigenvalue weighted by atomic mass is 19.1. The Balaban J connectivity index is 1.94. The molecule has 1 fully saturated rings. The van der Waals surface area contributed by atoms with Crippen LogP contribution in [0.2, 0.25) is 0 Å². The monoisotopic (exact) mass is 236 g/mol. The number of hydrogen-bond acceptors (Lipinski definition) is 2. The maximum atomic E-state index is 12.7. The number of benzene rings is 1. The van der Waals surface area contributed by atoms with Crippen molar-refractivity contribution in [1.82, 2.24) is 4.90 Å². The summed E-state index contributed by atoms with van der Waals surface area (Å²) in [5.74, 6) is -0.201. The standard InChI is InChI=1S/C13H17FN2O/c14-11-5-3-10(4-6-11)8-13(17)16-7-1-2-12(15)9-16/h3-6,12H,1-2,7-9,15H2/t12-/m0/s1. The van der Waals surface area contributed by atoms with Crippen LogP contribution in [0.25, 0.3) is 0 Å². The van der Waals surface area contributed by atoms with Crippen molar-refractivity contribution in [3.63, 3.8) is 0 Å². The molecule has 0 saturated carbocycles. The van der Waals surface area contributed by atoms with Crippen molar-refractivity contribution in [3.05, 3.63) is 35.6 Å². The SMILES string of the molecule is N[C@H]1CCCN(C(=O)Cc2ccc(F)cc2)C1. The lowest BCUT2D eigenvalue weighted by Gasteiger charge is -2.30. The van der Waals surface area contributed by atoms with Crippen LogP contribution in [0.3, 0.4) is 0 Å². The predicted molar refractivity (Wildman–Crippen MR) is 63.9 cm³/mol. The minimum absolute atomic E-state index is 0.0757. The Bertz CT molecular complexity index is 391. The van der Waals surface area contributed by atoms with Crippen molar-refractivity contribution in [2.24, 2.45) is 5.73 Å². The number of hydrogen-bond donors (Lipinski definition) is 1. The second-order valence-electron chi connectivity index (χ2n) is 4.55. The summed E-state index contributed by atoms with van der Waals surface area (Å²) in [5.41, 5.74) is 6.68.